The normalized spacial score (nSPS) is 12.4. The van der Waals surface area contributed by atoms with E-state index in [0.29, 0.717) is 6.54 Å². The van der Waals surface area contributed by atoms with Crippen molar-refractivity contribution in [3.63, 3.8) is 0 Å². The Balaban J connectivity index is 2.03. The first-order valence-electron chi connectivity index (χ1n) is 6.20. The van der Waals surface area contributed by atoms with Crippen LogP contribution in [0.5, 0.6) is 0 Å². The fourth-order valence-corrected chi connectivity index (χ4v) is 2.80. The predicted molar refractivity (Wildman–Crippen MR) is 83.5 cm³/mol. The standard InChI is InChI=1S/C13H18N4OS2/c1-9(18-3)13-14-10(8-20-13)7-17(2)11-5-6-12(19-4)16-15-11/h5-6,8-9H,7H2,1-4H3. The first-order chi connectivity index (χ1) is 9.63. The van der Waals surface area contributed by atoms with E-state index in [1.54, 1.807) is 30.2 Å². The fraction of sp³-hybridized carbons (Fsp3) is 0.462. The summed E-state index contributed by atoms with van der Waals surface area (Å²) in [5.41, 5.74) is 1.02. The molecule has 1 atom stereocenters. The molecule has 2 aromatic rings. The second-order valence-corrected chi connectivity index (χ2v) is 6.06. The van der Waals surface area contributed by atoms with Gasteiger partial charge in [0.05, 0.1) is 12.2 Å². The van der Waals surface area contributed by atoms with Gasteiger partial charge in [-0.1, -0.05) is 0 Å². The van der Waals surface area contributed by atoms with Crippen molar-refractivity contribution in [2.45, 2.75) is 24.6 Å². The molecule has 5 nitrogen and oxygen atoms in total. The number of anilines is 1. The lowest BCUT2D eigenvalue weighted by Crippen LogP contribution is -2.18. The molecule has 0 bridgehead atoms. The van der Waals surface area contributed by atoms with E-state index in [4.69, 9.17) is 4.74 Å². The maximum Gasteiger partial charge on any atom is 0.151 e. The Kier molecular flexibility index (Phi) is 5.33. The van der Waals surface area contributed by atoms with Gasteiger partial charge in [-0.2, -0.15) is 0 Å². The van der Waals surface area contributed by atoms with Gasteiger partial charge in [-0.15, -0.1) is 33.3 Å². The molecule has 0 aliphatic carbocycles. The van der Waals surface area contributed by atoms with Crippen molar-refractivity contribution < 1.29 is 4.74 Å². The molecule has 20 heavy (non-hydrogen) atoms. The summed E-state index contributed by atoms with van der Waals surface area (Å²) in [6.07, 6.45) is 2.03. The zero-order valence-corrected chi connectivity index (χ0v) is 13.7. The average Bonchev–Trinajstić information content (AvgIpc) is 2.95. The molecular formula is C13H18N4OS2. The molecular weight excluding hydrogens is 292 g/mol. The van der Waals surface area contributed by atoms with Crippen LogP contribution in [-0.4, -0.2) is 35.6 Å². The summed E-state index contributed by atoms with van der Waals surface area (Å²) >= 11 is 3.21. The van der Waals surface area contributed by atoms with Crippen LogP contribution in [0.2, 0.25) is 0 Å². The van der Waals surface area contributed by atoms with Crippen molar-refractivity contribution in [1.82, 2.24) is 15.2 Å². The van der Waals surface area contributed by atoms with Crippen LogP contribution in [0.3, 0.4) is 0 Å². The maximum absolute atomic E-state index is 5.27. The smallest absolute Gasteiger partial charge is 0.151 e. The molecule has 2 heterocycles. The van der Waals surface area contributed by atoms with Gasteiger partial charge >= 0.3 is 0 Å². The molecule has 0 fully saturated rings. The van der Waals surface area contributed by atoms with Gasteiger partial charge in [-0.3, -0.25) is 0 Å². The number of nitrogens with zero attached hydrogens (tertiary/aromatic N) is 4. The second-order valence-electron chi connectivity index (χ2n) is 4.34. The zero-order chi connectivity index (χ0) is 14.5. The number of rotatable bonds is 6. The maximum atomic E-state index is 5.27. The van der Waals surface area contributed by atoms with E-state index in [2.05, 4.69) is 20.6 Å². The largest absolute Gasteiger partial charge is 0.375 e. The van der Waals surface area contributed by atoms with Crippen LogP contribution in [0.15, 0.2) is 22.5 Å². The summed E-state index contributed by atoms with van der Waals surface area (Å²) in [7, 11) is 3.68. The van der Waals surface area contributed by atoms with Gasteiger partial charge in [-0.05, 0) is 25.3 Å². The summed E-state index contributed by atoms with van der Waals surface area (Å²) in [5, 5.41) is 12.3. The molecule has 2 aromatic heterocycles. The third kappa shape index (κ3) is 3.68. The molecule has 0 aliphatic heterocycles. The molecule has 2 rings (SSSR count). The molecule has 0 saturated carbocycles. The van der Waals surface area contributed by atoms with Gasteiger partial charge < -0.3 is 9.64 Å². The van der Waals surface area contributed by atoms with Crippen molar-refractivity contribution in [2.75, 3.05) is 25.3 Å². The monoisotopic (exact) mass is 310 g/mol. The second kappa shape index (κ2) is 7.01. The topological polar surface area (TPSA) is 51.1 Å². The molecule has 1 unspecified atom stereocenters. The van der Waals surface area contributed by atoms with E-state index in [0.717, 1.165) is 21.5 Å². The van der Waals surface area contributed by atoms with Gasteiger partial charge in [0, 0.05) is 19.5 Å². The summed E-state index contributed by atoms with van der Waals surface area (Å²) in [6, 6.07) is 3.95. The lowest BCUT2D eigenvalue weighted by atomic mass is 10.4. The number of methoxy groups -OCH3 is 1. The molecule has 7 heteroatoms. The van der Waals surface area contributed by atoms with Crippen molar-refractivity contribution in [3.05, 3.63) is 28.2 Å². The zero-order valence-electron chi connectivity index (χ0n) is 12.0. The summed E-state index contributed by atoms with van der Waals surface area (Å²) in [4.78, 5) is 6.61. The lowest BCUT2D eigenvalue weighted by molar-refractivity contribution is 0.119. The number of thioether (sulfide) groups is 1. The minimum Gasteiger partial charge on any atom is -0.375 e. The fourth-order valence-electron chi connectivity index (χ4n) is 1.63. The molecule has 108 valence electrons. The van der Waals surface area contributed by atoms with Gasteiger partial charge in [0.1, 0.15) is 16.1 Å². The highest BCUT2D eigenvalue weighted by Gasteiger charge is 2.11. The van der Waals surface area contributed by atoms with E-state index in [9.17, 15) is 0 Å². The van der Waals surface area contributed by atoms with Crippen LogP contribution in [0, 0.1) is 0 Å². The van der Waals surface area contributed by atoms with E-state index >= 15 is 0 Å². The molecule has 0 radical (unpaired) electrons. The van der Waals surface area contributed by atoms with Crippen molar-refractivity contribution in [2.24, 2.45) is 0 Å². The van der Waals surface area contributed by atoms with Crippen molar-refractivity contribution in [1.29, 1.82) is 0 Å². The first-order valence-corrected chi connectivity index (χ1v) is 8.30. The Bertz CT molecular complexity index is 544. The van der Waals surface area contributed by atoms with Crippen LogP contribution in [0.1, 0.15) is 23.7 Å². The number of ether oxygens (including phenoxy) is 1. The van der Waals surface area contributed by atoms with Crippen LogP contribution in [0.4, 0.5) is 5.82 Å². The van der Waals surface area contributed by atoms with Gasteiger partial charge in [-0.25, -0.2) is 4.98 Å². The summed E-state index contributed by atoms with van der Waals surface area (Å²) in [6.45, 7) is 2.71. The molecule has 0 spiro atoms. The van der Waals surface area contributed by atoms with Crippen LogP contribution in [-0.2, 0) is 11.3 Å². The van der Waals surface area contributed by atoms with Gasteiger partial charge in [0.2, 0.25) is 0 Å². The Labute approximate surface area is 127 Å². The summed E-state index contributed by atoms with van der Waals surface area (Å²) < 4.78 is 5.27. The number of hydrogen-bond donors (Lipinski definition) is 0. The molecule has 0 N–H and O–H groups in total. The molecule has 0 saturated heterocycles. The highest BCUT2D eigenvalue weighted by molar-refractivity contribution is 7.98. The van der Waals surface area contributed by atoms with E-state index in [-0.39, 0.29) is 6.10 Å². The Hall–Kier alpha value is -1.18. The van der Waals surface area contributed by atoms with Crippen LogP contribution in [0.25, 0.3) is 0 Å². The third-order valence-corrected chi connectivity index (χ3v) is 4.59. The Morgan fingerprint density at radius 2 is 2.20 bits per heavy atom. The third-order valence-electron chi connectivity index (χ3n) is 2.90. The van der Waals surface area contributed by atoms with E-state index in [1.165, 1.54) is 0 Å². The molecule has 0 amide bonds. The molecule has 0 aliphatic rings. The van der Waals surface area contributed by atoms with Crippen LogP contribution < -0.4 is 4.90 Å². The predicted octanol–water partition coefficient (Wildman–Crippen LogP) is 3.00. The minimum atomic E-state index is 0.0414. The highest BCUT2D eigenvalue weighted by Crippen LogP contribution is 2.22. The highest BCUT2D eigenvalue weighted by atomic mass is 32.2. The minimum absolute atomic E-state index is 0.0414. The van der Waals surface area contributed by atoms with Crippen molar-refractivity contribution >= 4 is 28.9 Å². The average molecular weight is 310 g/mol. The van der Waals surface area contributed by atoms with Gasteiger partial charge in [0.25, 0.3) is 0 Å². The van der Waals surface area contributed by atoms with E-state index in [1.807, 2.05) is 37.3 Å². The van der Waals surface area contributed by atoms with Crippen molar-refractivity contribution in [3.8, 4) is 0 Å². The number of hydrogen-bond acceptors (Lipinski definition) is 7. The van der Waals surface area contributed by atoms with E-state index < -0.39 is 0 Å². The Morgan fingerprint density at radius 3 is 2.80 bits per heavy atom. The Morgan fingerprint density at radius 1 is 1.40 bits per heavy atom. The molecule has 0 aromatic carbocycles. The summed E-state index contributed by atoms with van der Waals surface area (Å²) in [5.74, 6) is 0.845. The number of thiazole rings is 1. The number of aromatic nitrogens is 3. The lowest BCUT2D eigenvalue weighted by Gasteiger charge is -2.16. The van der Waals surface area contributed by atoms with Crippen LogP contribution >= 0.6 is 23.1 Å². The SMILES string of the molecule is COC(C)c1nc(CN(C)c2ccc(SC)nn2)cs1. The van der Waals surface area contributed by atoms with Gasteiger partial charge in [0.15, 0.2) is 5.82 Å². The quantitative estimate of drug-likeness (QED) is 0.765. The first kappa shape index (κ1) is 15.2.